The fraction of sp³-hybridized carbons (Fsp3) is 0.350. The van der Waals surface area contributed by atoms with Crippen LogP contribution in [0.5, 0.6) is 5.75 Å². The Hall–Kier alpha value is -2.89. The minimum atomic E-state index is -0.0882. The van der Waals surface area contributed by atoms with Gasteiger partial charge < -0.3 is 9.64 Å². The van der Waals surface area contributed by atoms with Crippen LogP contribution in [0.2, 0.25) is 0 Å². The summed E-state index contributed by atoms with van der Waals surface area (Å²) in [5.41, 5.74) is 1.69. The maximum absolute atomic E-state index is 12.7. The minimum Gasteiger partial charge on any atom is -0.487 e. The van der Waals surface area contributed by atoms with Crippen molar-refractivity contribution >= 4 is 11.7 Å². The Morgan fingerprint density at radius 1 is 1.35 bits per heavy atom. The third-order valence-electron chi connectivity index (χ3n) is 4.42. The number of ketones is 1. The molecule has 6 nitrogen and oxygen atoms in total. The van der Waals surface area contributed by atoms with Gasteiger partial charge in [0.1, 0.15) is 12.4 Å². The van der Waals surface area contributed by atoms with Crippen LogP contribution in [-0.2, 0) is 6.61 Å². The monoisotopic (exact) mass is 353 g/mol. The molecule has 26 heavy (non-hydrogen) atoms. The van der Waals surface area contributed by atoms with E-state index in [9.17, 15) is 9.59 Å². The SMILES string of the molecule is CC(=O)c1cccc(OCc2cc(C(=O)N3CC=C[C@H]3C(C)C)n[nH]2)c1. The second kappa shape index (κ2) is 7.56. The van der Waals surface area contributed by atoms with Gasteiger partial charge in [0.25, 0.3) is 5.91 Å². The molecule has 0 bridgehead atoms. The van der Waals surface area contributed by atoms with Gasteiger partial charge >= 0.3 is 0 Å². The first-order valence-electron chi connectivity index (χ1n) is 8.71. The highest BCUT2D eigenvalue weighted by atomic mass is 16.5. The number of ether oxygens (including phenoxy) is 1. The van der Waals surface area contributed by atoms with Crippen molar-refractivity contribution in [3.05, 3.63) is 59.4 Å². The summed E-state index contributed by atoms with van der Waals surface area (Å²) in [6.07, 6.45) is 4.09. The second-order valence-corrected chi connectivity index (χ2v) is 6.77. The van der Waals surface area contributed by atoms with Gasteiger partial charge in [-0.25, -0.2) is 0 Å². The quantitative estimate of drug-likeness (QED) is 0.639. The first-order chi connectivity index (χ1) is 12.5. The molecule has 0 spiro atoms. The van der Waals surface area contributed by atoms with Crippen LogP contribution in [0.15, 0.2) is 42.5 Å². The minimum absolute atomic E-state index is 0.0104. The van der Waals surface area contributed by atoms with Crippen molar-refractivity contribution < 1.29 is 14.3 Å². The van der Waals surface area contributed by atoms with Gasteiger partial charge in [0.05, 0.1) is 11.7 Å². The summed E-state index contributed by atoms with van der Waals surface area (Å²) < 4.78 is 5.70. The summed E-state index contributed by atoms with van der Waals surface area (Å²) in [7, 11) is 0. The molecule has 0 radical (unpaired) electrons. The van der Waals surface area contributed by atoms with Crippen LogP contribution < -0.4 is 4.74 Å². The van der Waals surface area contributed by atoms with E-state index in [0.29, 0.717) is 35.2 Å². The molecule has 1 atom stereocenters. The molecule has 1 N–H and O–H groups in total. The molecular weight excluding hydrogens is 330 g/mol. The highest BCUT2D eigenvalue weighted by Crippen LogP contribution is 2.20. The van der Waals surface area contributed by atoms with Gasteiger partial charge in [-0.1, -0.05) is 38.1 Å². The van der Waals surface area contributed by atoms with Crippen molar-refractivity contribution in [2.75, 3.05) is 6.54 Å². The van der Waals surface area contributed by atoms with E-state index in [1.54, 1.807) is 30.3 Å². The number of Topliss-reactive ketones (excluding diaryl/α,β-unsaturated/α-hetero) is 1. The number of aromatic nitrogens is 2. The summed E-state index contributed by atoms with van der Waals surface area (Å²) in [5, 5.41) is 6.99. The molecule has 2 aromatic rings. The van der Waals surface area contributed by atoms with Crippen LogP contribution in [0.4, 0.5) is 0 Å². The third kappa shape index (κ3) is 3.85. The smallest absolute Gasteiger partial charge is 0.275 e. The Morgan fingerprint density at radius 2 is 2.15 bits per heavy atom. The number of amides is 1. The van der Waals surface area contributed by atoms with Crippen LogP contribution in [0.25, 0.3) is 0 Å². The highest BCUT2D eigenvalue weighted by molar-refractivity contribution is 5.94. The number of hydrogen-bond acceptors (Lipinski definition) is 4. The Kier molecular flexibility index (Phi) is 5.21. The fourth-order valence-corrected chi connectivity index (χ4v) is 3.00. The number of carbonyl (C=O) groups is 2. The molecule has 0 saturated heterocycles. The topological polar surface area (TPSA) is 75.3 Å². The van der Waals surface area contributed by atoms with E-state index >= 15 is 0 Å². The predicted molar refractivity (Wildman–Crippen MR) is 98.2 cm³/mol. The van der Waals surface area contributed by atoms with Crippen LogP contribution >= 0.6 is 0 Å². The molecule has 0 aliphatic carbocycles. The van der Waals surface area contributed by atoms with E-state index in [-0.39, 0.29) is 24.3 Å². The van der Waals surface area contributed by atoms with Crippen LogP contribution in [0.1, 0.15) is 47.3 Å². The summed E-state index contributed by atoms with van der Waals surface area (Å²) in [6.45, 7) is 6.56. The van der Waals surface area contributed by atoms with E-state index in [1.165, 1.54) is 6.92 Å². The van der Waals surface area contributed by atoms with Crippen LogP contribution in [0, 0.1) is 5.92 Å². The Balaban J connectivity index is 1.64. The van der Waals surface area contributed by atoms with Crippen molar-refractivity contribution in [3.8, 4) is 5.75 Å². The van der Waals surface area contributed by atoms with E-state index in [0.717, 1.165) is 0 Å². The molecule has 2 heterocycles. The number of carbonyl (C=O) groups excluding carboxylic acids is 2. The lowest BCUT2D eigenvalue weighted by atomic mass is 10.0. The normalized spacial score (nSPS) is 16.3. The largest absolute Gasteiger partial charge is 0.487 e. The summed E-state index contributed by atoms with van der Waals surface area (Å²) in [6, 6.07) is 8.84. The van der Waals surface area contributed by atoms with Gasteiger partial charge in [-0.15, -0.1) is 0 Å². The molecule has 0 fully saturated rings. The standard InChI is InChI=1S/C20H23N3O3/c1-13(2)19-8-5-9-23(19)20(25)18-11-16(21-22-18)12-26-17-7-4-6-15(10-17)14(3)24/h4-8,10-11,13,19H,9,12H2,1-3H3,(H,21,22)/t19-/m0/s1. The second-order valence-electron chi connectivity index (χ2n) is 6.77. The van der Waals surface area contributed by atoms with E-state index in [2.05, 4.69) is 30.1 Å². The van der Waals surface area contributed by atoms with Gasteiger partial charge in [0.15, 0.2) is 11.5 Å². The summed E-state index contributed by atoms with van der Waals surface area (Å²) >= 11 is 0. The molecule has 1 aliphatic heterocycles. The zero-order valence-electron chi connectivity index (χ0n) is 15.2. The lowest BCUT2D eigenvalue weighted by Crippen LogP contribution is -2.39. The summed E-state index contributed by atoms with van der Waals surface area (Å²) in [5.74, 6) is 0.857. The Bertz CT molecular complexity index is 838. The predicted octanol–water partition coefficient (Wildman–Crippen LogP) is 3.23. The molecule has 0 unspecified atom stereocenters. The molecule has 1 aromatic carbocycles. The van der Waals surface area contributed by atoms with Crippen molar-refractivity contribution in [1.82, 2.24) is 15.1 Å². The molecule has 1 aromatic heterocycles. The molecule has 6 heteroatoms. The van der Waals surface area contributed by atoms with Gasteiger partial charge in [-0.2, -0.15) is 5.10 Å². The first-order valence-corrected chi connectivity index (χ1v) is 8.71. The summed E-state index contributed by atoms with van der Waals surface area (Å²) in [4.78, 5) is 25.9. The van der Waals surface area contributed by atoms with Gasteiger partial charge in [-0.05, 0) is 31.0 Å². The number of nitrogens with one attached hydrogen (secondary N) is 1. The van der Waals surface area contributed by atoms with E-state index in [4.69, 9.17) is 4.74 Å². The Morgan fingerprint density at radius 3 is 2.88 bits per heavy atom. The van der Waals surface area contributed by atoms with Crippen LogP contribution in [-0.4, -0.2) is 39.4 Å². The van der Waals surface area contributed by atoms with E-state index in [1.807, 2.05) is 11.0 Å². The molecular formula is C20H23N3O3. The zero-order chi connectivity index (χ0) is 18.7. The number of nitrogens with zero attached hydrogens (tertiary/aromatic N) is 2. The number of benzene rings is 1. The van der Waals surface area contributed by atoms with Crippen molar-refractivity contribution in [1.29, 1.82) is 0 Å². The number of hydrogen-bond donors (Lipinski definition) is 1. The van der Waals surface area contributed by atoms with E-state index < -0.39 is 0 Å². The Labute approximate surface area is 152 Å². The fourth-order valence-electron chi connectivity index (χ4n) is 3.00. The third-order valence-corrected chi connectivity index (χ3v) is 4.42. The molecule has 3 rings (SSSR count). The number of rotatable bonds is 6. The molecule has 136 valence electrons. The first kappa shape index (κ1) is 17.9. The van der Waals surface area contributed by atoms with Crippen molar-refractivity contribution in [2.24, 2.45) is 5.92 Å². The zero-order valence-corrected chi connectivity index (χ0v) is 15.2. The lowest BCUT2D eigenvalue weighted by Gasteiger charge is -2.26. The van der Waals surface area contributed by atoms with Crippen molar-refractivity contribution in [2.45, 2.75) is 33.4 Å². The number of H-pyrrole nitrogens is 1. The average molecular weight is 353 g/mol. The molecule has 1 amide bonds. The highest BCUT2D eigenvalue weighted by Gasteiger charge is 2.29. The lowest BCUT2D eigenvalue weighted by molar-refractivity contribution is 0.0714. The average Bonchev–Trinajstić information content (AvgIpc) is 3.29. The maximum Gasteiger partial charge on any atom is 0.275 e. The number of aromatic amines is 1. The van der Waals surface area contributed by atoms with Gasteiger partial charge in [0.2, 0.25) is 0 Å². The maximum atomic E-state index is 12.7. The molecule has 1 aliphatic rings. The van der Waals surface area contributed by atoms with Gasteiger partial charge in [-0.3, -0.25) is 14.7 Å². The van der Waals surface area contributed by atoms with Gasteiger partial charge in [0, 0.05) is 12.1 Å². The van der Waals surface area contributed by atoms with Crippen molar-refractivity contribution in [3.63, 3.8) is 0 Å². The van der Waals surface area contributed by atoms with Crippen LogP contribution in [0.3, 0.4) is 0 Å². The molecule has 0 saturated carbocycles.